The normalized spacial score (nSPS) is 11.2. The van der Waals surface area contributed by atoms with E-state index in [1.165, 1.54) is 11.3 Å². The van der Waals surface area contributed by atoms with Gasteiger partial charge in [-0.15, -0.1) is 11.3 Å². The number of fused-ring (bicyclic) bond motifs is 1. The summed E-state index contributed by atoms with van der Waals surface area (Å²) in [5.74, 6) is 4.75. The third kappa shape index (κ3) is 6.53. The topological polar surface area (TPSA) is 119 Å². The van der Waals surface area contributed by atoms with Gasteiger partial charge in [-0.25, -0.2) is 14.2 Å². The van der Waals surface area contributed by atoms with Crippen molar-refractivity contribution < 1.29 is 18.7 Å². The molecule has 0 radical (unpaired) electrons. The van der Waals surface area contributed by atoms with Crippen molar-refractivity contribution >= 4 is 50.5 Å². The number of alkyl carbamates (subject to hydrolysis) is 1. The average molecular weight is 474 g/mol. The van der Waals surface area contributed by atoms with Crippen molar-refractivity contribution in [3.05, 3.63) is 76.1 Å². The van der Waals surface area contributed by atoms with Crippen LogP contribution >= 0.6 is 23.1 Å². The number of aromatic nitrogens is 1. The van der Waals surface area contributed by atoms with Gasteiger partial charge in [-0.2, -0.15) is 5.10 Å². The third-order valence-electron chi connectivity index (χ3n) is 4.05. The Morgan fingerprint density at radius 3 is 2.66 bits per heavy atom. The third-order valence-corrected chi connectivity index (χ3v) is 5.85. The number of benzene rings is 2. The van der Waals surface area contributed by atoms with E-state index in [1.54, 1.807) is 24.3 Å². The summed E-state index contributed by atoms with van der Waals surface area (Å²) < 4.78 is 18.8. The maximum atomic E-state index is 12.5. The van der Waals surface area contributed by atoms with Crippen LogP contribution in [0.15, 0.2) is 65.1 Å². The molecule has 0 aliphatic rings. The number of carbonyl (C=O) groups is 2. The number of allylic oxidation sites excluding steroid dienone is 1. The fourth-order valence-corrected chi connectivity index (χ4v) is 3.93. The number of thiazole rings is 1. The van der Waals surface area contributed by atoms with Crippen LogP contribution in [0.3, 0.4) is 0 Å². The number of amides is 2. The number of hydrogen-bond donors (Lipinski definition) is 3. The van der Waals surface area contributed by atoms with Crippen LogP contribution in [0.25, 0.3) is 10.2 Å². The van der Waals surface area contributed by atoms with Gasteiger partial charge in [0.2, 0.25) is 0 Å². The predicted octanol–water partition coefficient (Wildman–Crippen LogP) is 3.90. The predicted molar refractivity (Wildman–Crippen MR) is 125 cm³/mol. The van der Waals surface area contributed by atoms with E-state index in [0.717, 1.165) is 27.5 Å². The fraction of sp³-hybridized carbons (Fsp3) is 0.143. The first-order valence-electron chi connectivity index (χ1n) is 9.33. The summed E-state index contributed by atoms with van der Waals surface area (Å²) in [6, 6.07) is 14.3. The van der Waals surface area contributed by atoms with Gasteiger partial charge in [-0.3, -0.25) is 10.1 Å². The number of nitrogens with one attached hydrogen (secondary N) is 2. The Morgan fingerprint density at radius 2 is 1.97 bits per heavy atom. The summed E-state index contributed by atoms with van der Waals surface area (Å²) in [7, 11) is 0. The minimum Gasteiger partial charge on any atom is -0.442 e. The number of hydrogen-bond acceptors (Lipinski definition) is 8. The molecule has 0 aliphatic carbocycles. The second-order valence-electron chi connectivity index (χ2n) is 6.36. The first-order valence-corrected chi connectivity index (χ1v) is 11.0. The molecule has 0 unspecified atom stereocenters. The van der Waals surface area contributed by atoms with Gasteiger partial charge in [-0.1, -0.05) is 42.6 Å². The number of hydrazone groups is 1. The van der Waals surface area contributed by atoms with Crippen LogP contribution in [0.5, 0.6) is 0 Å². The second-order valence-corrected chi connectivity index (χ2v) is 8.65. The Bertz CT molecular complexity index is 1110. The molecule has 11 heteroatoms. The molecular weight excluding hydrogens is 453 g/mol. The van der Waals surface area contributed by atoms with Crippen LogP contribution in [0.4, 0.5) is 9.18 Å². The van der Waals surface area contributed by atoms with Crippen LogP contribution in [-0.2, 0) is 17.9 Å². The molecular formula is C21H20FN5O3S2. The lowest BCUT2D eigenvalue weighted by atomic mass is 10.1. The number of nitrogens with zero attached hydrogens (tertiary/aromatic N) is 2. The van der Waals surface area contributed by atoms with Crippen molar-refractivity contribution in [3.63, 3.8) is 0 Å². The molecule has 166 valence electrons. The molecule has 0 atom stereocenters. The smallest absolute Gasteiger partial charge is 0.407 e. The lowest BCUT2D eigenvalue weighted by Gasteiger charge is -2.09. The molecule has 0 fully saturated rings. The van der Waals surface area contributed by atoms with E-state index in [1.807, 2.05) is 24.3 Å². The number of alkyl halides is 1. The first-order chi connectivity index (χ1) is 15.5. The fourth-order valence-electron chi connectivity index (χ4n) is 2.53. The summed E-state index contributed by atoms with van der Waals surface area (Å²) >= 11 is 2.32. The standard InChI is InChI=1S/C21H20FN5O3S2/c1-13(10-22)31-20(27-23)26-19(28)15-8-6-14(7-9-15)11-24-21(29)30-12-18-25-16-4-2-3-5-17(16)32-18/h2-9H,1,10-12,23H2,(H,24,29)(H,26,27,28). The van der Waals surface area contributed by atoms with E-state index in [-0.39, 0.29) is 23.2 Å². The number of rotatable bonds is 7. The van der Waals surface area contributed by atoms with Crippen molar-refractivity contribution in [2.24, 2.45) is 10.9 Å². The van der Waals surface area contributed by atoms with Gasteiger partial charge >= 0.3 is 6.09 Å². The summed E-state index contributed by atoms with van der Waals surface area (Å²) in [6.07, 6.45) is -0.569. The maximum Gasteiger partial charge on any atom is 0.407 e. The molecule has 3 aromatic rings. The minimum atomic E-state index is -0.760. The van der Waals surface area contributed by atoms with Gasteiger partial charge in [0.25, 0.3) is 5.91 Å². The molecule has 0 spiro atoms. The van der Waals surface area contributed by atoms with E-state index >= 15 is 0 Å². The SMILES string of the molecule is C=C(CF)S/C(=N\N)NC(=O)c1ccc(CNC(=O)OCc2nc3ccccc3s2)cc1. The van der Waals surface area contributed by atoms with Gasteiger partial charge in [0.05, 0.1) is 10.2 Å². The van der Waals surface area contributed by atoms with Crippen molar-refractivity contribution in [2.75, 3.05) is 6.67 Å². The Hall–Kier alpha value is -3.44. The monoisotopic (exact) mass is 473 g/mol. The van der Waals surface area contributed by atoms with Crippen molar-refractivity contribution in [1.29, 1.82) is 0 Å². The van der Waals surface area contributed by atoms with E-state index in [2.05, 4.69) is 27.3 Å². The minimum absolute atomic E-state index is 0.0410. The van der Waals surface area contributed by atoms with Crippen molar-refractivity contribution in [3.8, 4) is 0 Å². The Labute approximate surface area is 191 Å². The molecule has 0 saturated carbocycles. The van der Waals surface area contributed by atoms with Gasteiger partial charge in [0, 0.05) is 17.0 Å². The molecule has 0 saturated heterocycles. The van der Waals surface area contributed by atoms with Gasteiger partial charge in [0.1, 0.15) is 18.3 Å². The number of para-hydroxylation sites is 1. The number of carbonyl (C=O) groups excluding carboxylic acids is 2. The average Bonchev–Trinajstić information content (AvgIpc) is 3.24. The molecule has 0 bridgehead atoms. The molecule has 32 heavy (non-hydrogen) atoms. The van der Waals surface area contributed by atoms with Crippen LogP contribution < -0.4 is 16.5 Å². The Balaban J connectivity index is 1.46. The Morgan fingerprint density at radius 1 is 1.22 bits per heavy atom. The quantitative estimate of drug-likeness (QED) is 0.207. The number of amidine groups is 1. The van der Waals surface area contributed by atoms with Gasteiger partial charge in [-0.05, 0) is 29.8 Å². The zero-order valence-electron chi connectivity index (χ0n) is 16.8. The molecule has 1 heterocycles. The van der Waals surface area contributed by atoms with Crippen LogP contribution in [-0.4, -0.2) is 28.8 Å². The highest BCUT2D eigenvalue weighted by atomic mass is 32.2. The highest BCUT2D eigenvalue weighted by Gasteiger charge is 2.12. The molecule has 4 N–H and O–H groups in total. The van der Waals surface area contributed by atoms with E-state index in [4.69, 9.17) is 10.6 Å². The van der Waals surface area contributed by atoms with Gasteiger partial charge in [0.15, 0.2) is 5.17 Å². The first kappa shape index (κ1) is 23.2. The molecule has 0 aliphatic heterocycles. The molecule has 2 amide bonds. The van der Waals surface area contributed by atoms with E-state index < -0.39 is 18.7 Å². The van der Waals surface area contributed by atoms with Crippen molar-refractivity contribution in [2.45, 2.75) is 13.2 Å². The summed E-state index contributed by atoms with van der Waals surface area (Å²) in [5, 5.41) is 9.31. The number of thioether (sulfide) groups is 1. The summed E-state index contributed by atoms with van der Waals surface area (Å²) in [6.45, 7) is 3.03. The lowest BCUT2D eigenvalue weighted by Crippen LogP contribution is -2.29. The van der Waals surface area contributed by atoms with Crippen molar-refractivity contribution in [1.82, 2.24) is 15.6 Å². The molecule has 8 nitrogen and oxygen atoms in total. The zero-order valence-corrected chi connectivity index (χ0v) is 18.5. The molecule has 2 aromatic carbocycles. The second kappa shape index (κ2) is 11.3. The summed E-state index contributed by atoms with van der Waals surface area (Å²) in [4.78, 5) is 28.8. The zero-order chi connectivity index (χ0) is 22.9. The largest absolute Gasteiger partial charge is 0.442 e. The van der Waals surface area contributed by atoms with Crippen LogP contribution in [0.2, 0.25) is 0 Å². The lowest BCUT2D eigenvalue weighted by molar-refractivity contribution is 0.0977. The van der Waals surface area contributed by atoms with E-state index in [0.29, 0.717) is 10.6 Å². The molecule has 3 rings (SSSR count). The maximum absolute atomic E-state index is 12.5. The highest BCUT2D eigenvalue weighted by Crippen LogP contribution is 2.22. The number of ether oxygens (including phenoxy) is 1. The number of halogens is 1. The Kier molecular flexibility index (Phi) is 8.17. The highest BCUT2D eigenvalue weighted by molar-refractivity contribution is 8.17. The van der Waals surface area contributed by atoms with Crippen LogP contribution in [0, 0.1) is 0 Å². The number of nitrogens with two attached hydrogens (primary N) is 1. The van der Waals surface area contributed by atoms with Gasteiger partial charge < -0.3 is 15.9 Å². The van der Waals surface area contributed by atoms with E-state index in [9.17, 15) is 14.0 Å². The van der Waals surface area contributed by atoms with Crippen LogP contribution in [0.1, 0.15) is 20.9 Å². The summed E-state index contributed by atoms with van der Waals surface area (Å²) in [5.41, 5.74) is 1.99. The molecule has 1 aromatic heterocycles.